The molecule has 1 aliphatic heterocycles. The fraction of sp³-hybridized carbons (Fsp3) is 0.650. The Balaban J connectivity index is 1.91. The van der Waals surface area contributed by atoms with E-state index in [0.717, 1.165) is 12.3 Å². The van der Waals surface area contributed by atoms with Gasteiger partial charge in [0.15, 0.2) is 0 Å². The van der Waals surface area contributed by atoms with E-state index in [1.54, 1.807) is 4.90 Å². The molecule has 2 amide bonds. The number of nitrogens with one attached hydrogen (secondary N) is 1. The second kappa shape index (κ2) is 9.00. The summed E-state index contributed by atoms with van der Waals surface area (Å²) < 4.78 is 38.0. The lowest BCUT2D eigenvalue weighted by atomic mass is 9.95. The number of anilines is 1. The van der Waals surface area contributed by atoms with Gasteiger partial charge in [-0.1, -0.05) is 0 Å². The molecule has 1 N–H and O–H groups in total. The smallest absolute Gasteiger partial charge is 0.357 e. The Morgan fingerprint density at radius 1 is 1.21 bits per heavy atom. The molecule has 2 rings (SSSR count). The lowest BCUT2D eigenvalue weighted by molar-refractivity contribution is -0.140. The number of halogens is 3. The minimum absolute atomic E-state index is 0.0211. The van der Waals surface area contributed by atoms with Gasteiger partial charge in [0.2, 0.25) is 11.8 Å². The standard InChI is InChI=1S/C20H29F3N4O2/c1-5-26(13-17(28)25-19(2,3)4)18(29)14-8-10-27(11-9-14)16-7-6-15(12-24-16)20(21,22)23/h6-7,12,14H,5,8-11,13H2,1-4H3,(H,25,28). The highest BCUT2D eigenvalue weighted by atomic mass is 19.4. The first-order valence-corrected chi connectivity index (χ1v) is 9.78. The van der Waals surface area contributed by atoms with E-state index in [0.29, 0.717) is 38.3 Å². The summed E-state index contributed by atoms with van der Waals surface area (Å²) in [5, 5.41) is 2.86. The van der Waals surface area contributed by atoms with Crippen LogP contribution in [0.3, 0.4) is 0 Å². The van der Waals surface area contributed by atoms with Crippen molar-refractivity contribution in [1.29, 1.82) is 0 Å². The number of aromatic nitrogens is 1. The van der Waals surface area contributed by atoms with Crippen LogP contribution in [0.5, 0.6) is 0 Å². The number of nitrogens with zero attached hydrogens (tertiary/aromatic N) is 3. The van der Waals surface area contributed by atoms with Gasteiger partial charge in [-0.05, 0) is 52.7 Å². The number of hydrogen-bond donors (Lipinski definition) is 1. The van der Waals surface area contributed by atoms with Gasteiger partial charge < -0.3 is 15.1 Å². The first-order valence-electron chi connectivity index (χ1n) is 9.78. The number of carbonyl (C=O) groups is 2. The average molecular weight is 414 g/mol. The summed E-state index contributed by atoms with van der Waals surface area (Å²) in [6.45, 7) is 9.00. The van der Waals surface area contributed by atoms with E-state index in [-0.39, 0.29) is 29.8 Å². The van der Waals surface area contributed by atoms with Crippen LogP contribution in [0.1, 0.15) is 46.1 Å². The van der Waals surface area contributed by atoms with Crippen molar-refractivity contribution in [1.82, 2.24) is 15.2 Å². The van der Waals surface area contributed by atoms with Crippen LogP contribution < -0.4 is 10.2 Å². The monoisotopic (exact) mass is 414 g/mol. The number of carbonyl (C=O) groups excluding carboxylic acids is 2. The Labute approximate surface area is 169 Å². The van der Waals surface area contributed by atoms with Crippen LogP contribution in [0.15, 0.2) is 18.3 Å². The quantitative estimate of drug-likeness (QED) is 0.804. The highest BCUT2D eigenvalue weighted by Crippen LogP contribution is 2.30. The Hall–Kier alpha value is -2.32. The molecule has 29 heavy (non-hydrogen) atoms. The van der Waals surface area contributed by atoms with Crippen molar-refractivity contribution in [3.05, 3.63) is 23.9 Å². The van der Waals surface area contributed by atoms with Gasteiger partial charge in [-0.2, -0.15) is 13.2 Å². The molecule has 1 aliphatic rings. The molecule has 1 aromatic rings. The van der Waals surface area contributed by atoms with Crippen LogP contribution in [0.4, 0.5) is 19.0 Å². The van der Waals surface area contributed by atoms with Gasteiger partial charge >= 0.3 is 6.18 Å². The van der Waals surface area contributed by atoms with Crippen LogP contribution in [-0.2, 0) is 15.8 Å². The summed E-state index contributed by atoms with van der Waals surface area (Å²) in [6.07, 6.45) is -2.44. The SMILES string of the molecule is CCN(CC(=O)NC(C)(C)C)C(=O)C1CCN(c2ccc(C(F)(F)F)cn2)CC1. The molecule has 0 aliphatic carbocycles. The van der Waals surface area contributed by atoms with Crippen LogP contribution in [0.2, 0.25) is 0 Å². The number of likely N-dealkylation sites (N-methyl/N-ethyl adjacent to an activating group) is 1. The van der Waals surface area contributed by atoms with Gasteiger partial charge in [-0.15, -0.1) is 0 Å². The molecule has 1 fully saturated rings. The molecule has 0 atom stereocenters. The van der Waals surface area contributed by atoms with E-state index >= 15 is 0 Å². The van der Waals surface area contributed by atoms with Gasteiger partial charge in [-0.3, -0.25) is 9.59 Å². The topological polar surface area (TPSA) is 65.5 Å². The van der Waals surface area contributed by atoms with Crippen molar-refractivity contribution >= 4 is 17.6 Å². The van der Waals surface area contributed by atoms with Crippen molar-refractivity contribution in [2.75, 3.05) is 31.1 Å². The van der Waals surface area contributed by atoms with Crippen molar-refractivity contribution in [3.8, 4) is 0 Å². The maximum atomic E-state index is 12.8. The van der Waals surface area contributed by atoms with Gasteiger partial charge in [0, 0.05) is 37.3 Å². The van der Waals surface area contributed by atoms with E-state index in [1.165, 1.54) is 6.07 Å². The highest BCUT2D eigenvalue weighted by molar-refractivity contribution is 5.86. The molecule has 9 heteroatoms. The van der Waals surface area contributed by atoms with Gasteiger partial charge in [-0.25, -0.2) is 4.98 Å². The average Bonchev–Trinajstić information content (AvgIpc) is 2.63. The zero-order valence-corrected chi connectivity index (χ0v) is 17.3. The second-order valence-corrected chi connectivity index (χ2v) is 8.31. The summed E-state index contributed by atoms with van der Waals surface area (Å²) in [4.78, 5) is 32.3. The zero-order valence-electron chi connectivity index (χ0n) is 17.3. The summed E-state index contributed by atoms with van der Waals surface area (Å²) in [5.41, 5.74) is -1.14. The molecule has 0 unspecified atom stereocenters. The lowest BCUT2D eigenvalue weighted by Gasteiger charge is -2.34. The molecule has 1 aromatic heterocycles. The van der Waals surface area contributed by atoms with E-state index < -0.39 is 11.7 Å². The van der Waals surface area contributed by atoms with Gasteiger partial charge in [0.05, 0.1) is 12.1 Å². The lowest BCUT2D eigenvalue weighted by Crippen LogP contribution is -2.49. The fourth-order valence-corrected chi connectivity index (χ4v) is 3.33. The van der Waals surface area contributed by atoms with Crippen LogP contribution >= 0.6 is 0 Å². The predicted octanol–water partition coefficient (Wildman–Crippen LogP) is 3.08. The third-order valence-corrected chi connectivity index (χ3v) is 4.79. The predicted molar refractivity (Wildman–Crippen MR) is 104 cm³/mol. The first-order chi connectivity index (χ1) is 13.4. The minimum atomic E-state index is -4.41. The third-order valence-electron chi connectivity index (χ3n) is 4.79. The number of alkyl halides is 3. The molecule has 162 valence electrons. The third kappa shape index (κ3) is 6.61. The van der Waals surface area contributed by atoms with Crippen LogP contribution in [0.25, 0.3) is 0 Å². The van der Waals surface area contributed by atoms with Gasteiger partial charge in [0.1, 0.15) is 5.82 Å². The zero-order chi connectivity index (χ0) is 21.8. The molecule has 0 radical (unpaired) electrons. The van der Waals surface area contributed by atoms with E-state index in [9.17, 15) is 22.8 Å². The number of rotatable bonds is 5. The molecule has 0 spiro atoms. The maximum absolute atomic E-state index is 12.8. The van der Waals surface area contributed by atoms with Gasteiger partial charge in [0.25, 0.3) is 0 Å². The maximum Gasteiger partial charge on any atom is 0.417 e. The normalized spacial score (nSPS) is 15.9. The number of amides is 2. The Morgan fingerprint density at radius 3 is 2.28 bits per heavy atom. The number of piperidine rings is 1. The summed E-state index contributed by atoms with van der Waals surface area (Å²) in [6, 6.07) is 2.38. The van der Waals surface area contributed by atoms with E-state index in [4.69, 9.17) is 0 Å². The molecular weight excluding hydrogens is 385 g/mol. The summed E-state index contributed by atoms with van der Waals surface area (Å²) in [5.74, 6) is 0.0135. The largest absolute Gasteiger partial charge is 0.417 e. The molecule has 2 heterocycles. The van der Waals surface area contributed by atoms with Crippen LogP contribution in [0, 0.1) is 5.92 Å². The van der Waals surface area contributed by atoms with E-state index in [2.05, 4.69) is 10.3 Å². The van der Waals surface area contributed by atoms with Crippen LogP contribution in [-0.4, -0.2) is 53.4 Å². The molecular formula is C20H29F3N4O2. The van der Waals surface area contributed by atoms with Crippen molar-refractivity contribution in [2.45, 2.75) is 52.3 Å². The Kier molecular flexibility index (Phi) is 7.13. The van der Waals surface area contributed by atoms with Crippen molar-refractivity contribution < 1.29 is 22.8 Å². The first kappa shape index (κ1) is 23.0. The van der Waals surface area contributed by atoms with Crippen molar-refractivity contribution in [2.24, 2.45) is 5.92 Å². The summed E-state index contributed by atoms with van der Waals surface area (Å²) in [7, 11) is 0. The van der Waals surface area contributed by atoms with E-state index in [1.807, 2.05) is 32.6 Å². The Morgan fingerprint density at radius 2 is 1.83 bits per heavy atom. The number of hydrogen-bond acceptors (Lipinski definition) is 4. The second-order valence-electron chi connectivity index (χ2n) is 8.31. The Bertz CT molecular complexity index is 706. The molecule has 0 saturated carbocycles. The molecule has 6 nitrogen and oxygen atoms in total. The van der Waals surface area contributed by atoms with Crippen molar-refractivity contribution in [3.63, 3.8) is 0 Å². The minimum Gasteiger partial charge on any atom is -0.357 e. The fourth-order valence-electron chi connectivity index (χ4n) is 3.33. The highest BCUT2D eigenvalue weighted by Gasteiger charge is 2.32. The molecule has 0 bridgehead atoms. The molecule has 0 aromatic carbocycles. The molecule has 1 saturated heterocycles. The number of pyridine rings is 1. The summed E-state index contributed by atoms with van der Waals surface area (Å²) >= 11 is 0.